The lowest BCUT2D eigenvalue weighted by atomic mass is 10.2. The van der Waals surface area contributed by atoms with Crippen LogP contribution in [0.1, 0.15) is 5.56 Å². The molecule has 0 bridgehead atoms. The number of hydrogen-bond acceptors (Lipinski definition) is 3. The molecule has 1 rings (SSSR count). The molecule has 0 saturated carbocycles. The van der Waals surface area contributed by atoms with Gasteiger partial charge in [-0.25, -0.2) is 0 Å². The maximum atomic E-state index is 13.2. The lowest BCUT2D eigenvalue weighted by Gasteiger charge is -1.95. The van der Waals surface area contributed by atoms with Crippen LogP contribution in [0, 0.1) is 27.8 Å². The van der Waals surface area contributed by atoms with Gasteiger partial charge in [0.05, 0.1) is 10.5 Å². The van der Waals surface area contributed by atoms with E-state index in [0.717, 1.165) is 6.07 Å². The Bertz CT molecular complexity index is 420. The molecule has 0 unspecified atom stereocenters. The second-order valence-electron chi connectivity index (χ2n) is 2.36. The van der Waals surface area contributed by atoms with Gasteiger partial charge in [-0.05, 0) is 6.07 Å². The number of benzene rings is 1. The molecule has 4 nitrogen and oxygen atoms in total. The Morgan fingerprint density at radius 1 is 1.57 bits per heavy atom. The Morgan fingerprint density at radius 3 is 2.86 bits per heavy atom. The molecular weight excluding hydrogens is 189 g/mol. The zero-order valence-electron chi connectivity index (χ0n) is 7.03. The van der Waals surface area contributed by atoms with Gasteiger partial charge in [-0.1, -0.05) is 17.9 Å². The number of aliphatic hydroxyl groups excluding tert-OH is 1. The SMILES string of the molecule is O=[N+]([O-])c1cccc(C#CCO)c1F. The van der Waals surface area contributed by atoms with Crippen LogP contribution < -0.4 is 0 Å². The molecule has 0 saturated heterocycles. The van der Waals surface area contributed by atoms with Gasteiger partial charge in [-0.15, -0.1) is 0 Å². The first-order valence-electron chi connectivity index (χ1n) is 3.69. The minimum Gasteiger partial charge on any atom is -0.384 e. The van der Waals surface area contributed by atoms with Crippen LogP contribution in [0.15, 0.2) is 18.2 Å². The van der Waals surface area contributed by atoms with Gasteiger partial charge < -0.3 is 5.11 Å². The van der Waals surface area contributed by atoms with Gasteiger partial charge in [0, 0.05) is 6.07 Å². The third-order valence-corrected chi connectivity index (χ3v) is 1.48. The van der Waals surface area contributed by atoms with Gasteiger partial charge in [-0.2, -0.15) is 4.39 Å². The molecule has 0 radical (unpaired) electrons. The fourth-order valence-corrected chi connectivity index (χ4v) is 0.892. The summed E-state index contributed by atoms with van der Waals surface area (Å²) in [5, 5.41) is 18.7. The molecule has 0 aliphatic rings. The van der Waals surface area contributed by atoms with E-state index in [1.165, 1.54) is 12.1 Å². The largest absolute Gasteiger partial charge is 0.384 e. The molecule has 0 spiro atoms. The molecule has 1 aromatic rings. The molecule has 0 amide bonds. The van der Waals surface area contributed by atoms with Crippen molar-refractivity contribution < 1.29 is 14.4 Å². The molecule has 14 heavy (non-hydrogen) atoms. The standard InChI is InChI=1S/C9H6FNO3/c10-9-7(4-2-6-12)3-1-5-8(9)11(13)14/h1,3,5,12H,6H2. The summed E-state index contributed by atoms with van der Waals surface area (Å²) in [5.41, 5.74) is -0.706. The fraction of sp³-hybridized carbons (Fsp3) is 0.111. The smallest absolute Gasteiger partial charge is 0.306 e. The fourth-order valence-electron chi connectivity index (χ4n) is 0.892. The van der Waals surface area contributed by atoms with E-state index in [9.17, 15) is 14.5 Å². The average Bonchev–Trinajstić information content (AvgIpc) is 2.16. The van der Waals surface area contributed by atoms with Gasteiger partial charge in [0.15, 0.2) is 0 Å². The number of nitro groups is 1. The molecule has 0 aromatic heterocycles. The van der Waals surface area contributed by atoms with Gasteiger partial charge >= 0.3 is 5.69 Å². The summed E-state index contributed by atoms with van der Waals surface area (Å²) in [7, 11) is 0. The average molecular weight is 195 g/mol. The summed E-state index contributed by atoms with van der Waals surface area (Å²) >= 11 is 0. The number of rotatable bonds is 1. The zero-order chi connectivity index (χ0) is 10.6. The molecular formula is C9H6FNO3. The Balaban J connectivity index is 3.20. The maximum Gasteiger partial charge on any atom is 0.306 e. The van der Waals surface area contributed by atoms with Crippen LogP contribution in [-0.4, -0.2) is 16.6 Å². The van der Waals surface area contributed by atoms with Crippen LogP contribution in [-0.2, 0) is 0 Å². The summed E-state index contributed by atoms with van der Waals surface area (Å²) < 4.78 is 13.2. The summed E-state index contributed by atoms with van der Waals surface area (Å²) in [6, 6.07) is 3.70. The normalized spacial score (nSPS) is 9.00. The monoisotopic (exact) mass is 195 g/mol. The molecule has 0 aliphatic heterocycles. The maximum absolute atomic E-state index is 13.2. The highest BCUT2D eigenvalue weighted by Crippen LogP contribution is 2.19. The molecule has 1 N–H and O–H groups in total. The lowest BCUT2D eigenvalue weighted by molar-refractivity contribution is -0.387. The Morgan fingerprint density at radius 2 is 2.29 bits per heavy atom. The highest BCUT2D eigenvalue weighted by molar-refractivity contribution is 5.45. The van der Waals surface area contributed by atoms with E-state index >= 15 is 0 Å². The summed E-state index contributed by atoms with van der Waals surface area (Å²) in [4.78, 5) is 9.50. The van der Waals surface area contributed by atoms with E-state index in [1.807, 2.05) is 0 Å². The first-order chi connectivity index (χ1) is 6.66. The van der Waals surface area contributed by atoms with Crippen molar-refractivity contribution in [2.24, 2.45) is 0 Å². The van der Waals surface area contributed by atoms with Gasteiger partial charge in [0.2, 0.25) is 5.82 Å². The van der Waals surface area contributed by atoms with Crippen molar-refractivity contribution >= 4 is 5.69 Å². The zero-order valence-corrected chi connectivity index (χ0v) is 7.03. The first kappa shape index (κ1) is 10.2. The van der Waals surface area contributed by atoms with Crippen LogP contribution in [0.3, 0.4) is 0 Å². The second kappa shape index (κ2) is 4.35. The molecule has 0 atom stereocenters. The third kappa shape index (κ3) is 2.06. The number of halogens is 1. The third-order valence-electron chi connectivity index (χ3n) is 1.48. The van der Waals surface area contributed by atoms with Crippen LogP contribution >= 0.6 is 0 Å². The van der Waals surface area contributed by atoms with Crippen molar-refractivity contribution in [3.63, 3.8) is 0 Å². The van der Waals surface area contributed by atoms with Crippen LogP contribution in [0.5, 0.6) is 0 Å². The van der Waals surface area contributed by atoms with Crippen molar-refractivity contribution in [1.82, 2.24) is 0 Å². The van der Waals surface area contributed by atoms with Crippen molar-refractivity contribution in [2.75, 3.05) is 6.61 Å². The van der Waals surface area contributed by atoms with E-state index < -0.39 is 23.0 Å². The Kier molecular flexibility index (Phi) is 3.15. The molecule has 1 aromatic carbocycles. The highest BCUT2D eigenvalue weighted by atomic mass is 19.1. The van der Waals surface area contributed by atoms with Crippen LogP contribution in [0.25, 0.3) is 0 Å². The molecule has 72 valence electrons. The summed E-state index contributed by atoms with van der Waals surface area (Å²) in [6.07, 6.45) is 0. The number of nitrogens with zero attached hydrogens (tertiary/aromatic N) is 1. The molecule has 0 aliphatic carbocycles. The quantitative estimate of drug-likeness (QED) is 0.414. The van der Waals surface area contributed by atoms with Crippen molar-refractivity contribution in [3.8, 4) is 11.8 Å². The predicted molar refractivity (Wildman–Crippen MR) is 47.0 cm³/mol. The topological polar surface area (TPSA) is 63.4 Å². The summed E-state index contributed by atoms with van der Waals surface area (Å²) in [6.45, 7) is -0.415. The first-order valence-corrected chi connectivity index (χ1v) is 3.69. The van der Waals surface area contributed by atoms with E-state index in [0.29, 0.717) is 0 Å². The van der Waals surface area contributed by atoms with Crippen LogP contribution in [0.2, 0.25) is 0 Å². The summed E-state index contributed by atoms with van der Waals surface area (Å²) in [5.74, 6) is 3.52. The minimum atomic E-state index is -0.974. The van der Waals surface area contributed by atoms with Gasteiger partial charge in [0.1, 0.15) is 6.61 Å². The Hall–Kier alpha value is -1.93. The number of nitro benzene ring substituents is 1. The van der Waals surface area contributed by atoms with E-state index in [4.69, 9.17) is 5.11 Å². The van der Waals surface area contributed by atoms with E-state index in [1.54, 1.807) is 0 Å². The number of aliphatic hydroxyl groups is 1. The highest BCUT2D eigenvalue weighted by Gasteiger charge is 2.15. The lowest BCUT2D eigenvalue weighted by Crippen LogP contribution is -1.94. The predicted octanol–water partition coefficient (Wildman–Crippen LogP) is 1.08. The van der Waals surface area contributed by atoms with Crippen molar-refractivity contribution in [3.05, 3.63) is 39.7 Å². The van der Waals surface area contributed by atoms with Crippen molar-refractivity contribution in [2.45, 2.75) is 0 Å². The van der Waals surface area contributed by atoms with E-state index in [2.05, 4.69) is 11.8 Å². The number of hydrogen-bond donors (Lipinski definition) is 1. The molecule has 0 fully saturated rings. The minimum absolute atomic E-state index is 0.0896. The molecule has 0 heterocycles. The van der Waals surface area contributed by atoms with Crippen LogP contribution in [0.4, 0.5) is 10.1 Å². The van der Waals surface area contributed by atoms with Crippen molar-refractivity contribution in [1.29, 1.82) is 0 Å². The van der Waals surface area contributed by atoms with E-state index in [-0.39, 0.29) is 5.56 Å². The second-order valence-corrected chi connectivity index (χ2v) is 2.36. The van der Waals surface area contributed by atoms with Gasteiger partial charge in [0.25, 0.3) is 0 Å². The van der Waals surface area contributed by atoms with Gasteiger partial charge in [-0.3, -0.25) is 10.1 Å². The molecule has 5 heteroatoms. The Labute approximate surface area is 79.1 Å².